The zero-order valence-corrected chi connectivity index (χ0v) is 15.5. The number of aliphatic carboxylic acids is 1. The Kier molecular flexibility index (Phi) is 4.06. The van der Waals surface area contributed by atoms with Crippen LogP contribution < -0.4 is 0 Å². The number of carboxylic acids is 1. The van der Waals surface area contributed by atoms with Crippen LogP contribution >= 0.6 is 0 Å². The van der Waals surface area contributed by atoms with Crippen molar-refractivity contribution in [3.8, 4) is 0 Å². The van der Waals surface area contributed by atoms with Gasteiger partial charge in [0.15, 0.2) is 0 Å². The number of carboxylic acid groups (broad SMARTS) is 1. The molecule has 4 rings (SSSR count). The molecule has 4 fully saturated rings. The Morgan fingerprint density at radius 1 is 1.08 bits per heavy atom. The second-order valence-electron chi connectivity index (χ2n) is 9.95. The van der Waals surface area contributed by atoms with Gasteiger partial charge in [-0.15, -0.1) is 0 Å². The van der Waals surface area contributed by atoms with Gasteiger partial charge in [0.25, 0.3) is 0 Å². The van der Waals surface area contributed by atoms with E-state index in [-0.39, 0.29) is 35.2 Å². The summed E-state index contributed by atoms with van der Waals surface area (Å²) in [5, 5.41) is 20.1. The van der Waals surface area contributed by atoms with Crippen LogP contribution in [0.3, 0.4) is 0 Å². The number of ketones is 1. The minimum atomic E-state index is -0.713. The van der Waals surface area contributed by atoms with Crippen molar-refractivity contribution >= 4 is 11.8 Å². The number of rotatable bonds is 2. The summed E-state index contributed by atoms with van der Waals surface area (Å²) in [5.74, 6) is 1.69. The van der Waals surface area contributed by atoms with Gasteiger partial charge in [0.1, 0.15) is 5.78 Å². The Morgan fingerprint density at radius 3 is 2.56 bits per heavy atom. The number of aliphatic hydroxyl groups is 1. The van der Waals surface area contributed by atoms with Crippen LogP contribution in [0.4, 0.5) is 0 Å². The molecule has 0 bridgehead atoms. The second-order valence-corrected chi connectivity index (χ2v) is 9.95. The van der Waals surface area contributed by atoms with Gasteiger partial charge in [-0.3, -0.25) is 9.59 Å². The molecule has 8 atom stereocenters. The van der Waals surface area contributed by atoms with Gasteiger partial charge in [-0.05, 0) is 80.0 Å². The molecule has 0 aromatic rings. The molecule has 25 heavy (non-hydrogen) atoms. The third kappa shape index (κ3) is 2.50. The van der Waals surface area contributed by atoms with Crippen molar-refractivity contribution in [3.63, 3.8) is 0 Å². The molecule has 4 heteroatoms. The van der Waals surface area contributed by atoms with Crippen molar-refractivity contribution in [2.45, 2.75) is 77.7 Å². The van der Waals surface area contributed by atoms with E-state index in [2.05, 4.69) is 13.8 Å². The molecular weight excluding hydrogens is 316 g/mol. The van der Waals surface area contributed by atoms with Crippen LogP contribution in [-0.2, 0) is 9.59 Å². The van der Waals surface area contributed by atoms with Gasteiger partial charge < -0.3 is 10.2 Å². The van der Waals surface area contributed by atoms with E-state index in [9.17, 15) is 14.7 Å². The topological polar surface area (TPSA) is 74.6 Å². The normalized spacial score (nSPS) is 52.2. The summed E-state index contributed by atoms with van der Waals surface area (Å²) in [7, 11) is 0. The van der Waals surface area contributed by atoms with Crippen molar-refractivity contribution in [3.05, 3.63) is 0 Å². The molecule has 0 radical (unpaired) electrons. The summed E-state index contributed by atoms with van der Waals surface area (Å²) in [6, 6.07) is 0. The molecular formula is C21H32O4. The number of carbonyl (C=O) groups is 2. The lowest BCUT2D eigenvalue weighted by molar-refractivity contribution is -0.166. The maximum Gasteiger partial charge on any atom is 0.303 e. The van der Waals surface area contributed by atoms with E-state index in [1.807, 2.05) is 0 Å². The first-order valence-corrected chi connectivity index (χ1v) is 10.2. The van der Waals surface area contributed by atoms with Crippen LogP contribution in [0.15, 0.2) is 0 Å². The molecule has 0 saturated heterocycles. The molecule has 4 nitrogen and oxygen atoms in total. The van der Waals surface area contributed by atoms with Crippen LogP contribution in [0, 0.1) is 40.4 Å². The predicted molar refractivity (Wildman–Crippen MR) is 93.9 cm³/mol. The zero-order valence-electron chi connectivity index (χ0n) is 15.5. The van der Waals surface area contributed by atoms with Crippen LogP contribution in [0.2, 0.25) is 0 Å². The Hall–Kier alpha value is -0.900. The van der Waals surface area contributed by atoms with E-state index >= 15 is 0 Å². The second kappa shape index (κ2) is 5.80. The Morgan fingerprint density at radius 2 is 1.84 bits per heavy atom. The van der Waals surface area contributed by atoms with E-state index in [1.54, 1.807) is 0 Å². The first-order chi connectivity index (χ1) is 11.8. The highest BCUT2D eigenvalue weighted by Crippen LogP contribution is 2.66. The third-order valence-corrected chi connectivity index (χ3v) is 8.96. The van der Waals surface area contributed by atoms with Gasteiger partial charge in [-0.25, -0.2) is 0 Å². The molecule has 0 aliphatic heterocycles. The van der Waals surface area contributed by atoms with Crippen LogP contribution in [0.25, 0.3) is 0 Å². The fraction of sp³-hybridized carbons (Fsp3) is 0.905. The van der Waals surface area contributed by atoms with Crippen LogP contribution in [0.1, 0.15) is 71.6 Å². The number of Topliss-reactive ketones (excluding diaryl/α,β-unsaturated/α-hetero) is 1. The SMILES string of the molecule is C[C@]12CC[C@H](CC(=O)O)C[C@@H]1[C@@H](O)C[C@@H]1[C@@H]2CC[C@]2(C)C(=O)CC[C@@H]12. The molecule has 140 valence electrons. The fourth-order valence-corrected chi connectivity index (χ4v) is 7.59. The minimum absolute atomic E-state index is 0.115. The molecule has 0 heterocycles. The summed E-state index contributed by atoms with van der Waals surface area (Å²) in [4.78, 5) is 23.6. The van der Waals surface area contributed by atoms with Gasteiger partial charge >= 0.3 is 5.97 Å². The van der Waals surface area contributed by atoms with Gasteiger partial charge in [0, 0.05) is 18.3 Å². The summed E-state index contributed by atoms with van der Waals surface area (Å²) < 4.78 is 0. The fourth-order valence-electron chi connectivity index (χ4n) is 7.59. The highest BCUT2D eigenvalue weighted by Gasteiger charge is 2.62. The lowest BCUT2D eigenvalue weighted by Crippen LogP contribution is -2.57. The third-order valence-electron chi connectivity index (χ3n) is 8.96. The zero-order chi connectivity index (χ0) is 18.0. The van der Waals surface area contributed by atoms with Gasteiger partial charge in [0.2, 0.25) is 0 Å². The van der Waals surface area contributed by atoms with E-state index in [4.69, 9.17) is 5.11 Å². The summed E-state index contributed by atoms with van der Waals surface area (Å²) in [5.41, 5.74) is -0.0328. The van der Waals surface area contributed by atoms with Crippen molar-refractivity contribution in [2.75, 3.05) is 0 Å². The molecule has 4 aliphatic rings. The van der Waals surface area contributed by atoms with Gasteiger partial charge in [-0.1, -0.05) is 13.8 Å². The maximum atomic E-state index is 12.5. The first-order valence-electron chi connectivity index (χ1n) is 10.2. The monoisotopic (exact) mass is 348 g/mol. The van der Waals surface area contributed by atoms with Crippen molar-refractivity contribution in [2.24, 2.45) is 40.4 Å². The summed E-state index contributed by atoms with van der Waals surface area (Å²) in [6.07, 6.45) is 7.42. The van der Waals surface area contributed by atoms with E-state index in [1.165, 1.54) is 0 Å². The van der Waals surface area contributed by atoms with E-state index in [0.717, 1.165) is 51.4 Å². The van der Waals surface area contributed by atoms with Crippen molar-refractivity contribution in [1.82, 2.24) is 0 Å². The number of hydrogen-bond donors (Lipinski definition) is 2. The highest BCUT2D eigenvalue weighted by atomic mass is 16.4. The molecule has 2 N–H and O–H groups in total. The minimum Gasteiger partial charge on any atom is -0.481 e. The summed E-state index contributed by atoms with van der Waals surface area (Å²) >= 11 is 0. The number of hydrogen-bond acceptors (Lipinski definition) is 3. The number of fused-ring (bicyclic) bond motifs is 5. The molecule has 0 unspecified atom stereocenters. The molecule has 4 saturated carbocycles. The average molecular weight is 348 g/mol. The molecule has 4 aliphatic carbocycles. The lowest BCUT2D eigenvalue weighted by Gasteiger charge is -2.61. The Labute approximate surface area is 150 Å². The largest absolute Gasteiger partial charge is 0.481 e. The predicted octanol–water partition coefficient (Wildman–Crippen LogP) is 3.66. The van der Waals surface area contributed by atoms with E-state index < -0.39 is 5.97 Å². The summed E-state index contributed by atoms with van der Waals surface area (Å²) in [6.45, 7) is 4.53. The van der Waals surface area contributed by atoms with Gasteiger partial charge in [0.05, 0.1) is 6.10 Å². The molecule has 0 aromatic heterocycles. The number of aliphatic hydroxyl groups excluding tert-OH is 1. The van der Waals surface area contributed by atoms with Gasteiger partial charge in [-0.2, -0.15) is 0 Å². The molecule has 0 aromatic carbocycles. The van der Waals surface area contributed by atoms with Crippen LogP contribution in [0.5, 0.6) is 0 Å². The van der Waals surface area contributed by atoms with E-state index in [0.29, 0.717) is 23.5 Å². The smallest absolute Gasteiger partial charge is 0.303 e. The van der Waals surface area contributed by atoms with Crippen molar-refractivity contribution < 1.29 is 19.8 Å². The number of carbonyl (C=O) groups excluding carboxylic acids is 1. The highest BCUT2D eigenvalue weighted by molar-refractivity contribution is 5.87. The Balaban J connectivity index is 1.59. The molecule has 0 amide bonds. The lowest BCUT2D eigenvalue weighted by atomic mass is 9.44. The van der Waals surface area contributed by atoms with Crippen LogP contribution in [-0.4, -0.2) is 28.1 Å². The average Bonchev–Trinajstić information content (AvgIpc) is 2.84. The maximum absolute atomic E-state index is 12.5. The molecule has 0 spiro atoms. The van der Waals surface area contributed by atoms with Crippen molar-refractivity contribution in [1.29, 1.82) is 0 Å². The Bertz CT molecular complexity index is 586. The first kappa shape index (κ1) is 17.5. The standard InChI is InChI=1S/C21H32O4/c1-20-7-5-12(10-19(24)25)9-16(20)17(22)11-13-14-3-4-18(23)21(14,2)8-6-15(13)20/h12-17,22H,3-11H2,1-2H3,(H,24,25)/t12-,13-,14-,15-,16+,17-,20+,21-/m0/s1. The quantitative estimate of drug-likeness (QED) is 0.798.